The fourth-order valence-electron chi connectivity index (χ4n) is 2.97. The van der Waals surface area contributed by atoms with Gasteiger partial charge in [-0.1, -0.05) is 12.1 Å². The summed E-state index contributed by atoms with van der Waals surface area (Å²) in [4.78, 5) is 32.3. The fourth-order valence-corrected chi connectivity index (χ4v) is 4.10. The molecule has 0 saturated carbocycles. The highest BCUT2D eigenvalue weighted by atomic mass is 32.1. The highest BCUT2D eigenvalue weighted by Gasteiger charge is 2.22. The average molecular weight is 344 g/mol. The summed E-state index contributed by atoms with van der Waals surface area (Å²) in [5.41, 5.74) is 0.563. The monoisotopic (exact) mass is 344 g/mol. The molecule has 3 heterocycles. The minimum absolute atomic E-state index is 0.182. The predicted molar refractivity (Wildman–Crippen MR) is 90.1 cm³/mol. The minimum Gasteiger partial charge on any atom is -0.333 e. The van der Waals surface area contributed by atoms with Gasteiger partial charge < -0.3 is 9.09 Å². The number of H-pyrrole nitrogens is 1. The number of thiophene rings is 1. The summed E-state index contributed by atoms with van der Waals surface area (Å²) >= 11 is 1.67. The molecule has 1 aliphatic carbocycles. The molecule has 0 radical (unpaired) electrons. The van der Waals surface area contributed by atoms with Gasteiger partial charge in [0.1, 0.15) is 5.56 Å². The van der Waals surface area contributed by atoms with Crippen molar-refractivity contribution in [3.05, 3.63) is 43.5 Å². The van der Waals surface area contributed by atoms with Crippen molar-refractivity contribution in [2.45, 2.75) is 26.2 Å². The Labute approximate surface area is 141 Å². The van der Waals surface area contributed by atoms with Crippen molar-refractivity contribution in [3.63, 3.8) is 0 Å². The lowest BCUT2D eigenvalue weighted by atomic mass is 9.90. The lowest BCUT2D eigenvalue weighted by Gasteiger charge is -2.16. The number of aromatic amines is 1. The number of nitrogens with one attached hydrogen (secondary N) is 1. The van der Waals surface area contributed by atoms with Crippen LogP contribution in [-0.4, -0.2) is 19.7 Å². The zero-order chi connectivity index (χ0) is 16.8. The second-order valence-corrected chi connectivity index (χ2v) is 7.38. The Kier molecular flexibility index (Phi) is 3.49. The third-order valence-electron chi connectivity index (χ3n) is 4.32. The summed E-state index contributed by atoms with van der Waals surface area (Å²) in [5, 5.41) is 3.90. The molecule has 0 amide bonds. The van der Waals surface area contributed by atoms with E-state index >= 15 is 0 Å². The van der Waals surface area contributed by atoms with Gasteiger partial charge in [0.2, 0.25) is 5.82 Å². The van der Waals surface area contributed by atoms with Gasteiger partial charge in [-0.15, -0.1) is 11.3 Å². The first-order valence-corrected chi connectivity index (χ1v) is 8.59. The Balaban J connectivity index is 1.72. The van der Waals surface area contributed by atoms with Gasteiger partial charge in [0.15, 0.2) is 0 Å². The Morgan fingerprint density at radius 1 is 1.42 bits per heavy atom. The topological polar surface area (TPSA) is 93.8 Å². The van der Waals surface area contributed by atoms with Crippen LogP contribution in [0.3, 0.4) is 0 Å². The number of rotatable bonds is 2. The summed E-state index contributed by atoms with van der Waals surface area (Å²) < 4.78 is 6.62. The Morgan fingerprint density at radius 3 is 3.08 bits per heavy atom. The van der Waals surface area contributed by atoms with Crippen LogP contribution in [-0.2, 0) is 19.9 Å². The van der Waals surface area contributed by atoms with Crippen molar-refractivity contribution >= 4 is 11.3 Å². The third-order valence-corrected chi connectivity index (χ3v) is 5.54. The standard InChI is InChI=1S/C16H16N4O3S/c1-8-3-4-11-9(5-8)6-12(24-11)15-17-13(19-23-15)10-7-20(2)16(22)18-14(10)21/h6-8H,3-5H2,1-2H3,(H,18,21,22). The molecular weight excluding hydrogens is 328 g/mol. The molecule has 0 aliphatic heterocycles. The Bertz CT molecular complexity index is 1030. The summed E-state index contributed by atoms with van der Waals surface area (Å²) in [7, 11) is 1.55. The van der Waals surface area contributed by atoms with Gasteiger partial charge in [-0.05, 0) is 36.8 Å². The van der Waals surface area contributed by atoms with E-state index in [-0.39, 0.29) is 11.4 Å². The van der Waals surface area contributed by atoms with Crippen LogP contribution in [0.2, 0.25) is 0 Å². The molecule has 3 aromatic rings. The number of hydrogen-bond donors (Lipinski definition) is 1. The number of nitrogens with zero attached hydrogens (tertiary/aromatic N) is 3. The molecule has 1 N–H and O–H groups in total. The van der Waals surface area contributed by atoms with Gasteiger partial charge in [0, 0.05) is 18.1 Å². The first-order valence-electron chi connectivity index (χ1n) is 7.77. The van der Waals surface area contributed by atoms with Crippen molar-refractivity contribution in [1.82, 2.24) is 19.7 Å². The van der Waals surface area contributed by atoms with Crippen molar-refractivity contribution < 1.29 is 4.52 Å². The number of aryl methyl sites for hydroxylation is 2. The van der Waals surface area contributed by atoms with E-state index in [1.54, 1.807) is 18.4 Å². The predicted octanol–water partition coefficient (Wildman–Crippen LogP) is 1.98. The molecule has 124 valence electrons. The lowest BCUT2D eigenvalue weighted by Crippen LogP contribution is -2.28. The van der Waals surface area contributed by atoms with E-state index in [4.69, 9.17) is 4.52 Å². The second kappa shape index (κ2) is 5.55. The number of hydrogen-bond acceptors (Lipinski definition) is 6. The maximum Gasteiger partial charge on any atom is 0.328 e. The second-order valence-electron chi connectivity index (χ2n) is 6.24. The van der Waals surface area contributed by atoms with Crippen LogP contribution in [0.5, 0.6) is 0 Å². The van der Waals surface area contributed by atoms with Gasteiger partial charge in [-0.2, -0.15) is 4.98 Å². The van der Waals surface area contributed by atoms with E-state index in [9.17, 15) is 9.59 Å². The van der Waals surface area contributed by atoms with Crippen molar-refractivity contribution in [3.8, 4) is 22.2 Å². The Morgan fingerprint density at radius 2 is 2.25 bits per heavy atom. The maximum atomic E-state index is 11.9. The van der Waals surface area contributed by atoms with E-state index in [0.29, 0.717) is 11.8 Å². The van der Waals surface area contributed by atoms with E-state index in [1.807, 2.05) is 0 Å². The Hall–Kier alpha value is -2.48. The zero-order valence-corrected chi connectivity index (χ0v) is 14.1. The van der Waals surface area contributed by atoms with Gasteiger partial charge in [-0.25, -0.2) is 4.79 Å². The molecule has 7 nitrogen and oxygen atoms in total. The smallest absolute Gasteiger partial charge is 0.328 e. The molecule has 8 heteroatoms. The quantitative estimate of drug-likeness (QED) is 0.767. The highest BCUT2D eigenvalue weighted by Crippen LogP contribution is 2.36. The molecule has 1 unspecified atom stereocenters. The van der Waals surface area contributed by atoms with Gasteiger partial charge in [-0.3, -0.25) is 9.78 Å². The van der Waals surface area contributed by atoms with Crippen LogP contribution in [0.15, 0.2) is 26.4 Å². The molecule has 3 aromatic heterocycles. The van der Waals surface area contributed by atoms with Crippen molar-refractivity contribution in [2.75, 3.05) is 0 Å². The third kappa shape index (κ3) is 2.52. The molecular formula is C16H16N4O3S. The van der Waals surface area contributed by atoms with Crippen LogP contribution in [0, 0.1) is 5.92 Å². The van der Waals surface area contributed by atoms with E-state index in [1.165, 1.54) is 27.6 Å². The number of aromatic nitrogens is 4. The summed E-state index contributed by atoms with van der Waals surface area (Å²) in [6.07, 6.45) is 4.78. The molecule has 4 rings (SSSR count). The molecule has 1 aliphatic rings. The van der Waals surface area contributed by atoms with Gasteiger partial charge in [0.05, 0.1) is 4.88 Å². The van der Waals surface area contributed by atoms with Crippen LogP contribution in [0.25, 0.3) is 22.2 Å². The largest absolute Gasteiger partial charge is 0.333 e. The molecule has 24 heavy (non-hydrogen) atoms. The highest BCUT2D eigenvalue weighted by molar-refractivity contribution is 7.15. The number of fused-ring (bicyclic) bond motifs is 1. The first-order chi connectivity index (χ1) is 11.5. The van der Waals surface area contributed by atoms with E-state index in [2.05, 4.69) is 28.1 Å². The van der Waals surface area contributed by atoms with Crippen molar-refractivity contribution in [1.29, 1.82) is 0 Å². The van der Waals surface area contributed by atoms with E-state index in [0.717, 1.165) is 17.7 Å². The zero-order valence-electron chi connectivity index (χ0n) is 13.3. The van der Waals surface area contributed by atoms with Crippen molar-refractivity contribution in [2.24, 2.45) is 13.0 Å². The molecule has 0 saturated heterocycles. The molecule has 0 fully saturated rings. The molecule has 0 spiro atoms. The van der Waals surface area contributed by atoms with Gasteiger partial charge >= 0.3 is 5.69 Å². The van der Waals surface area contributed by atoms with Crippen LogP contribution >= 0.6 is 11.3 Å². The molecule has 1 atom stereocenters. The summed E-state index contributed by atoms with van der Waals surface area (Å²) in [6.45, 7) is 2.26. The normalized spacial score (nSPS) is 17.0. The van der Waals surface area contributed by atoms with Gasteiger partial charge in [0.25, 0.3) is 11.4 Å². The molecule has 0 bridgehead atoms. The summed E-state index contributed by atoms with van der Waals surface area (Å²) in [6, 6.07) is 2.11. The first kappa shape index (κ1) is 15.1. The average Bonchev–Trinajstić information content (AvgIpc) is 3.16. The minimum atomic E-state index is -0.523. The maximum absolute atomic E-state index is 11.9. The van der Waals surface area contributed by atoms with Crippen LogP contribution in [0.4, 0.5) is 0 Å². The van der Waals surface area contributed by atoms with Crippen LogP contribution in [0.1, 0.15) is 23.8 Å². The van der Waals surface area contributed by atoms with E-state index < -0.39 is 11.2 Å². The fraction of sp³-hybridized carbons (Fsp3) is 0.375. The molecule has 0 aromatic carbocycles. The SMILES string of the molecule is CC1CCc2sc(-c3nc(-c4cn(C)c(=O)[nH]c4=O)no3)cc2C1. The summed E-state index contributed by atoms with van der Waals surface area (Å²) in [5.74, 6) is 1.29. The van der Waals surface area contributed by atoms with Crippen LogP contribution < -0.4 is 11.2 Å². The lowest BCUT2D eigenvalue weighted by molar-refractivity contribution is 0.433.